The van der Waals surface area contributed by atoms with Crippen LogP contribution >= 0.6 is 0 Å². The maximum Gasteiger partial charge on any atom is 0.137 e. The van der Waals surface area contributed by atoms with Crippen molar-refractivity contribution in [3.8, 4) is 0 Å². The van der Waals surface area contributed by atoms with Crippen molar-refractivity contribution in [1.82, 2.24) is 0 Å². The monoisotopic (exact) mass is 180 g/mol. The fourth-order valence-corrected chi connectivity index (χ4v) is 2.13. The lowest BCUT2D eigenvalue weighted by Gasteiger charge is -2.35. The summed E-state index contributed by atoms with van der Waals surface area (Å²) in [5, 5.41) is 0. The molecule has 1 nitrogen and oxygen atoms in total. The van der Waals surface area contributed by atoms with Crippen LogP contribution in [0, 0.1) is 17.3 Å². The van der Waals surface area contributed by atoms with Crippen molar-refractivity contribution in [2.75, 3.05) is 0 Å². The fraction of sp³-hybridized carbons (Fsp3) is 0.750. The molecule has 0 bridgehead atoms. The highest BCUT2D eigenvalue weighted by atomic mass is 16.1. The third kappa shape index (κ3) is 2.20. The first-order valence-corrected chi connectivity index (χ1v) is 5.13. The maximum absolute atomic E-state index is 11.8. The van der Waals surface area contributed by atoms with Crippen molar-refractivity contribution < 1.29 is 4.79 Å². The molecule has 0 aromatic heterocycles. The summed E-state index contributed by atoms with van der Waals surface area (Å²) in [5.41, 5.74) is -0.0166. The number of hydrogen-bond donors (Lipinski definition) is 0. The Kier molecular flexibility index (Phi) is 2.94. The number of hydrogen-bond acceptors (Lipinski definition) is 1. The molecule has 0 heterocycles. The first-order valence-electron chi connectivity index (χ1n) is 5.13. The molecule has 0 N–H and O–H groups in total. The van der Waals surface area contributed by atoms with Gasteiger partial charge >= 0.3 is 0 Å². The third-order valence-corrected chi connectivity index (χ3v) is 3.31. The molecule has 1 fully saturated rings. The zero-order valence-corrected chi connectivity index (χ0v) is 8.97. The van der Waals surface area contributed by atoms with Crippen LogP contribution in [-0.2, 0) is 4.79 Å². The van der Waals surface area contributed by atoms with Crippen LogP contribution in [0.15, 0.2) is 12.7 Å². The molecule has 1 aliphatic rings. The second-order valence-electron chi connectivity index (χ2n) is 4.93. The smallest absolute Gasteiger partial charge is 0.137 e. The van der Waals surface area contributed by atoms with Crippen LogP contribution in [-0.4, -0.2) is 5.78 Å². The Morgan fingerprint density at radius 2 is 2.08 bits per heavy atom. The molecule has 0 saturated heterocycles. The molecule has 0 amide bonds. The van der Waals surface area contributed by atoms with Crippen molar-refractivity contribution in [2.45, 2.75) is 40.0 Å². The van der Waals surface area contributed by atoms with E-state index in [0.717, 1.165) is 12.8 Å². The zero-order chi connectivity index (χ0) is 10.1. The van der Waals surface area contributed by atoms with Crippen molar-refractivity contribution >= 4 is 5.78 Å². The standard InChI is InChI=1S/C12H20O/c1-5-12(3,4)10-7-6-9(2)8-11(10)13/h5,9-10H,1,6-8H2,2-4H3/t9-,10+/m0/s1. The van der Waals surface area contributed by atoms with Crippen LogP contribution in [0.2, 0.25) is 0 Å². The average molecular weight is 180 g/mol. The van der Waals surface area contributed by atoms with Crippen molar-refractivity contribution in [1.29, 1.82) is 0 Å². The molecule has 0 aromatic rings. The molecule has 1 aliphatic carbocycles. The summed E-state index contributed by atoms with van der Waals surface area (Å²) in [6.07, 6.45) is 4.92. The predicted molar refractivity (Wildman–Crippen MR) is 55.5 cm³/mol. The lowest BCUT2D eigenvalue weighted by molar-refractivity contribution is -0.128. The fourth-order valence-electron chi connectivity index (χ4n) is 2.13. The van der Waals surface area contributed by atoms with E-state index in [2.05, 4.69) is 27.4 Å². The second-order valence-corrected chi connectivity index (χ2v) is 4.93. The Balaban J connectivity index is 2.71. The molecule has 2 atom stereocenters. The van der Waals surface area contributed by atoms with E-state index in [4.69, 9.17) is 0 Å². The molecular weight excluding hydrogens is 160 g/mol. The SMILES string of the molecule is C=CC(C)(C)[C@@H]1CC[C@H](C)CC1=O. The Bertz CT molecular complexity index is 215. The lowest BCUT2D eigenvalue weighted by Crippen LogP contribution is -2.34. The van der Waals surface area contributed by atoms with Gasteiger partial charge in [-0.25, -0.2) is 0 Å². The number of carbonyl (C=O) groups is 1. The lowest BCUT2D eigenvalue weighted by atomic mass is 9.68. The van der Waals surface area contributed by atoms with Gasteiger partial charge in [-0.2, -0.15) is 0 Å². The van der Waals surface area contributed by atoms with Crippen LogP contribution in [0.1, 0.15) is 40.0 Å². The number of allylic oxidation sites excluding steroid dienone is 1. The Morgan fingerprint density at radius 1 is 1.46 bits per heavy atom. The summed E-state index contributed by atoms with van der Waals surface area (Å²) < 4.78 is 0. The van der Waals surface area contributed by atoms with E-state index in [9.17, 15) is 4.79 Å². The molecule has 0 aromatic carbocycles. The third-order valence-electron chi connectivity index (χ3n) is 3.31. The summed E-state index contributed by atoms with van der Waals surface area (Å²) in [6, 6.07) is 0. The van der Waals surface area contributed by atoms with Gasteiger partial charge in [-0.15, -0.1) is 6.58 Å². The number of ketones is 1. The van der Waals surface area contributed by atoms with Gasteiger partial charge in [-0.1, -0.05) is 26.8 Å². The van der Waals surface area contributed by atoms with E-state index in [1.165, 1.54) is 6.42 Å². The largest absolute Gasteiger partial charge is 0.299 e. The number of rotatable bonds is 2. The Morgan fingerprint density at radius 3 is 2.54 bits per heavy atom. The van der Waals surface area contributed by atoms with Crippen LogP contribution in [0.5, 0.6) is 0 Å². The van der Waals surface area contributed by atoms with Gasteiger partial charge in [0.25, 0.3) is 0 Å². The van der Waals surface area contributed by atoms with E-state index < -0.39 is 0 Å². The van der Waals surface area contributed by atoms with E-state index in [1.807, 2.05) is 6.08 Å². The summed E-state index contributed by atoms with van der Waals surface area (Å²) in [4.78, 5) is 11.8. The van der Waals surface area contributed by atoms with Crippen molar-refractivity contribution in [3.05, 3.63) is 12.7 Å². The predicted octanol–water partition coefficient (Wildman–Crippen LogP) is 3.20. The van der Waals surface area contributed by atoms with E-state index in [0.29, 0.717) is 11.7 Å². The van der Waals surface area contributed by atoms with Gasteiger partial charge in [-0.3, -0.25) is 4.79 Å². The quantitative estimate of drug-likeness (QED) is 0.596. The highest BCUT2D eigenvalue weighted by molar-refractivity contribution is 5.82. The van der Waals surface area contributed by atoms with Crippen LogP contribution in [0.25, 0.3) is 0 Å². The maximum atomic E-state index is 11.8. The summed E-state index contributed by atoms with van der Waals surface area (Å²) in [7, 11) is 0. The minimum absolute atomic E-state index is 0.0166. The molecule has 1 saturated carbocycles. The molecule has 0 radical (unpaired) electrons. The van der Waals surface area contributed by atoms with Crippen molar-refractivity contribution in [2.24, 2.45) is 17.3 Å². The normalized spacial score (nSPS) is 30.2. The number of Topliss-reactive ketones (excluding diaryl/α,β-unsaturated/α-hetero) is 1. The van der Waals surface area contributed by atoms with Gasteiger partial charge in [0.05, 0.1) is 0 Å². The minimum atomic E-state index is -0.0166. The zero-order valence-electron chi connectivity index (χ0n) is 8.97. The summed E-state index contributed by atoms with van der Waals surface area (Å²) in [5.74, 6) is 1.23. The summed E-state index contributed by atoms with van der Waals surface area (Å²) >= 11 is 0. The molecule has 0 unspecified atom stereocenters. The molecule has 1 rings (SSSR count). The Hall–Kier alpha value is -0.590. The topological polar surface area (TPSA) is 17.1 Å². The molecule has 0 aliphatic heterocycles. The van der Waals surface area contributed by atoms with E-state index >= 15 is 0 Å². The summed E-state index contributed by atoms with van der Waals surface area (Å²) in [6.45, 7) is 10.2. The first kappa shape index (κ1) is 10.5. The van der Waals surface area contributed by atoms with Gasteiger partial charge < -0.3 is 0 Å². The minimum Gasteiger partial charge on any atom is -0.299 e. The molecule has 13 heavy (non-hydrogen) atoms. The van der Waals surface area contributed by atoms with Crippen molar-refractivity contribution in [3.63, 3.8) is 0 Å². The Labute approximate surface area is 81.2 Å². The molecular formula is C12H20O. The molecule has 1 heteroatoms. The van der Waals surface area contributed by atoms with E-state index in [-0.39, 0.29) is 11.3 Å². The highest BCUT2D eigenvalue weighted by Gasteiger charge is 2.35. The average Bonchev–Trinajstić information content (AvgIpc) is 2.03. The van der Waals surface area contributed by atoms with Gasteiger partial charge in [0.1, 0.15) is 5.78 Å². The van der Waals surface area contributed by atoms with Gasteiger partial charge in [-0.05, 0) is 24.2 Å². The van der Waals surface area contributed by atoms with Crippen LogP contribution in [0.4, 0.5) is 0 Å². The van der Waals surface area contributed by atoms with Crippen LogP contribution in [0.3, 0.4) is 0 Å². The van der Waals surface area contributed by atoms with Crippen LogP contribution < -0.4 is 0 Å². The molecule has 74 valence electrons. The highest BCUT2D eigenvalue weighted by Crippen LogP contribution is 2.38. The van der Waals surface area contributed by atoms with Gasteiger partial charge in [0.15, 0.2) is 0 Å². The first-order chi connectivity index (χ1) is 5.97. The second kappa shape index (κ2) is 3.65. The van der Waals surface area contributed by atoms with Gasteiger partial charge in [0.2, 0.25) is 0 Å². The molecule has 0 spiro atoms. The van der Waals surface area contributed by atoms with E-state index in [1.54, 1.807) is 0 Å². The number of carbonyl (C=O) groups excluding carboxylic acids is 1. The van der Waals surface area contributed by atoms with Gasteiger partial charge in [0, 0.05) is 12.3 Å².